The van der Waals surface area contributed by atoms with Gasteiger partial charge in [-0.1, -0.05) is 0 Å². The van der Waals surface area contributed by atoms with Gasteiger partial charge in [0, 0.05) is 25.1 Å². The van der Waals surface area contributed by atoms with E-state index in [1.807, 2.05) is 13.8 Å². The van der Waals surface area contributed by atoms with Gasteiger partial charge in [0.25, 0.3) is 11.9 Å². The predicted octanol–water partition coefficient (Wildman–Crippen LogP) is 0.509. The summed E-state index contributed by atoms with van der Waals surface area (Å²) in [5, 5.41) is 19.6. The highest BCUT2D eigenvalue weighted by atomic mass is 16.6. The summed E-state index contributed by atoms with van der Waals surface area (Å²) >= 11 is 0. The van der Waals surface area contributed by atoms with Crippen LogP contribution >= 0.6 is 0 Å². The van der Waals surface area contributed by atoms with E-state index in [0.717, 1.165) is 0 Å². The molecule has 0 saturated carbocycles. The summed E-state index contributed by atoms with van der Waals surface area (Å²) in [6.07, 6.45) is -1.81. The van der Waals surface area contributed by atoms with E-state index in [1.54, 1.807) is 17.0 Å². The first-order valence-corrected chi connectivity index (χ1v) is 7.52. The Labute approximate surface area is 129 Å². The Hall–Kier alpha value is -1.57. The minimum Gasteiger partial charge on any atom is -0.465 e. The second kappa shape index (κ2) is 7.62. The Morgan fingerprint density at radius 2 is 2.14 bits per heavy atom. The maximum absolute atomic E-state index is 12.4. The number of hydrogen-bond donors (Lipinski definition) is 2. The second-order valence-electron chi connectivity index (χ2n) is 5.25. The fraction of sp³-hybridized carbons (Fsp3) is 0.667. The summed E-state index contributed by atoms with van der Waals surface area (Å²) < 4.78 is 15.8. The molecule has 7 heteroatoms. The molecular weight excluding hydrogens is 290 g/mol. The SMILES string of the molecule is CCOc1ccc(C(=O)N(CC)C[C@@H]2COC[C@@H](O)[C@H]2O)o1. The molecule has 1 aromatic rings. The van der Waals surface area contributed by atoms with Crippen molar-refractivity contribution >= 4 is 5.91 Å². The molecular formula is C15H23NO6. The summed E-state index contributed by atoms with van der Waals surface area (Å²) in [6, 6.07) is 3.17. The fourth-order valence-corrected chi connectivity index (χ4v) is 2.46. The molecule has 22 heavy (non-hydrogen) atoms. The van der Waals surface area contributed by atoms with E-state index >= 15 is 0 Å². The lowest BCUT2D eigenvalue weighted by molar-refractivity contribution is -0.124. The van der Waals surface area contributed by atoms with Crippen LogP contribution in [0.2, 0.25) is 0 Å². The molecule has 0 radical (unpaired) electrons. The minimum absolute atomic E-state index is 0.119. The van der Waals surface area contributed by atoms with Crippen LogP contribution in [-0.2, 0) is 4.74 Å². The topological polar surface area (TPSA) is 92.4 Å². The minimum atomic E-state index is -0.916. The smallest absolute Gasteiger partial charge is 0.289 e. The molecule has 3 atom stereocenters. The summed E-state index contributed by atoms with van der Waals surface area (Å²) in [7, 11) is 0. The Balaban J connectivity index is 2.01. The molecule has 0 aromatic carbocycles. The Morgan fingerprint density at radius 3 is 2.82 bits per heavy atom. The van der Waals surface area contributed by atoms with Crippen molar-refractivity contribution in [3.63, 3.8) is 0 Å². The Morgan fingerprint density at radius 1 is 1.36 bits per heavy atom. The van der Waals surface area contributed by atoms with Crippen LogP contribution in [0.5, 0.6) is 5.95 Å². The molecule has 1 saturated heterocycles. The summed E-state index contributed by atoms with van der Waals surface area (Å²) in [5.41, 5.74) is 0. The van der Waals surface area contributed by atoms with Crippen LogP contribution in [0.15, 0.2) is 16.5 Å². The average molecular weight is 313 g/mol. The van der Waals surface area contributed by atoms with Gasteiger partial charge in [0.1, 0.15) is 6.10 Å². The van der Waals surface area contributed by atoms with Crippen LogP contribution in [0.3, 0.4) is 0 Å². The number of nitrogens with zero attached hydrogens (tertiary/aromatic N) is 1. The number of furan rings is 1. The van der Waals surface area contributed by atoms with Gasteiger partial charge in [-0.25, -0.2) is 0 Å². The van der Waals surface area contributed by atoms with Crippen LogP contribution in [0.25, 0.3) is 0 Å². The molecule has 1 aromatic heterocycles. The van der Waals surface area contributed by atoms with Crippen molar-refractivity contribution in [2.24, 2.45) is 5.92 Å². The number of aliphatic hydroxyl groups is 2. The molecule has 2 rings (SSSR count). The van der Waals surface area contributed by atoms with E-state index in [9.17, 15) is 15.0 Å². The lowest BCUT2D eigenvalue weighted by Gasteiger charge is -2.34. The monoisotopic (exact) mass is 313 g/mol. The number of ether oxygens (including phenoxy) is 2. The Bertz CT molecular complexity index is 488. The van der Waals surface area contributed by atoms with Crippen molar-refractivity contribution < 1.29 is 28.9 Å². The zero-order valence-corrected chi connectivity index (χ0v) is 12.9. The zero-order chi connectivity index (χ0) is 16.1. The number of carbonyl (C=O) groups excluding carboxylic acids is 1. The van der Waals surface area contributed by atoms with E-state index < -0.39 is 12.2 Å². The van der Waals surface area contributed by atoms with E-state index in [-0.39, 0.29) is 30.7 Å². The summed E-state index contributed by atoms with van der Waals surface area (Å²) in [5.74, 6) is -0.106. The molecule has 0 bridgehead atoms. The van der Waals surface area contributed by atoms with Crippen molar-refractivity contribution in [2.45, 2.75) is 26.1 Å². The number of carbonyl (C=O) groups is 1. The third-order valence-electron chi connectivity index (χ3n) is 3.70. The van der Waals surface area contributed by atoms with Crippen LogP contribution in [-0.4, -0.2) is 66.1 Å². The molecule has 1 aliphatic rings. The largest absolute Gasteiger partial charge is 0.465 e. The lowest BCUT2D eigenvalue weighted by atomic mass is 9.96. The van der Waals surface area contributed by atoms with Crippen LogP contribution in [0, 0.1) is 5.92 Å². The summed E-state index contributed by atoms with van der Waals surface area (Å²) in [4.78, 5) is 14.0. The van der Waals surface area contributed by atoms with E-state index in [1.165, 1.54) is 0 Å². The van der Waals surface area contributed by atoms with E-state index in [2.05, 4.69) is 0 Å². The quantitative estimate of drug-likeness (QED) is 0.795. The van der Waals surface area contributed by atoms with E-state index in [0.29, 0.717) is 25.7 Å². The number of hydrogen-bond acceptors (Lipinski definition) is 6. The molecule has 2 heterocycles. The number of rotatable bonds is 6. The van der Waals surface area contributed by atoms with E-state index in [4.69, 9.17) is 13.9 Å². The van der Waals surface area contributed by atoms with Gasteiger partial charge in [0.05, 0.1) is 25.9 Å². The highest BCUT2D eigenvalue weighted by molar-refractivity contribution is 5.91. The van der Waals surface area contributed by atoms with Crippen molar-refractivity contribution in [2.75, 3.05) is 32.9 Å². The van der Waals surface area contributed by atoms with Gasteiger partial charge >= 0.3 is 0 Å². The van der Waals surface area contributed by atoms with Gasteiger partial charge in [-0.3, -0.25) is 4.79 Å². The third kappa shape index (κ3) is 3.79. The normalized spacial score (nSPS) is 25.0. The fourth-order valence-electron chi connectivity index (χ4n) is 2.46. The molecule has 1 fully saturated rings. The lowest BCUT2D eigenvalue weighted by Crippen LogP contribution is -2.49. The van der Waals surface area contributed by atoms with Gasteiger partial charge in [-0.15, -0.1) is 0 Å². The number of aliphatic hydroxyl groups excluding tert-OH is 2. The van der Waals surface area contributed by atoms with Gasteiger partial charge in [-0.05, 0) is 19.9 Å². The highest BCUT2D eigenvalue weighted by Crippen LogP contribution is 2.20. The first-order chi connectivity index (χ1) is 10.6. The molecule has 7 nitrogen and oxygen atoms in total. The van der Waals surface area contributed by atoms with Gasteiger partial charge < -0.3 is 29.0 Å². The maximum atomic E-state index is 12.4. The zero-order valence-electron chi connectivity index (χ0n) is 12.9. The summed E-state index contributed by atoms with van der Waals surface area (Å²) in [6.45, 7) is 5.32. The first kappa shape index (κ1) is 16.8. The number of amides is 1. The average Bonchev–Trinajstić information content (AvgIpc) is 2.97. The van der Waals surface area contributed by atoms with Crippen molar-refractivity contribution in [3.8, 4) is 5.95 Å². The van der Waals surface area contributed by atoms with Crippen LogP contribution < -0.4 is 4.74 Å². The van der Waals surface area contributed by atoms with Crippen LogP contribution in [0.1, 0.15) is 24.4 Å². The highest BCUT2D eigenvalue weighted by Gasteiger charge is 2.33. The van der Waals surface area contributed by atoms with Crippen molar-refractivity contribution in [3.05, 3.63) is 17.9 Å². The molecule has 0 aliphatic carbocycles. The van der Waals surface area contributed by atoms with Gasteiger partial charge in [0.15, 0.2) is 5.76 Å². The van der Waals surface area contributed by atoms with Gasteiger partial charge in [0.2, 0.25) is 0 Å². The molecule has 0 unspecified atom stereocenters. The molecule has 1 amide bonds. The third-order valence-corrected chi connectivity index (χ3v) is 3.70. The predicted molar refractivity (Wildman–Crippen MR) is 77.8 cm³/mol. The van der Waals surface area contributed by atoms with Crippen molar-refractivity contribution in [1.82, 2.24) is 4.90 Å². The molecule has 124 valence electrons. The maximum Gasteiger partial charge on any atom is 0.289 e. The Kier molecular flexibility index (Phi) is 5.82. The molecule has 1 aliphatic heterocycles. The van der Waals surface area contributed by atoms with Gasteiger partial charge in [-0.2, -0.15) is 0 Å². The molecule has 0 spiro atoms. The standard InChI is InChI=1S/C15H23NO6/c1-3-16(7-10-8-20-9-11(17)14(10)18)15(19)12-5-6-13(22-12)21-4-2/h5-6,10-11,14,17-18H,3-4,7-9H2,1-2H3/t10-,11-,14+/m1/s1. The second-order valence-corrected chi connectivity index (χ2v) is 5.25. The molecule has 2 N–H and O–H groups in total. The first-order valence-electron chi connectivity index (χ1n) is 7.52. The van der Waals surface area contributed by atoms with Crippen LogP contribution in [0.4, 0.5) is 0 Å². The van der Waals surface area contributed by atoms with Crippen molar-refractivity contribution in [1.29, 1.82) is 0 Å².